The minimum absolute atomic E-state index is 0.255. The van der Waals surface area contributed by atoms with Gasteiger partial charge in [0.2, 0.25) is 0 Å². The number of hydrogen-bond donors (Lipinski definition) is 1. The Bertz CT molecular complexity index is 731. The molecule has 0 spiro atoms. The first-order valence-electron chi connectivity index (χ1n) is 8.84. The SMILES string of the molecule is COc1cc(OC)cc(C(=O)Nc2ccc(N3CCC(C)CC3)cn2)c1. The van der Waals surface area contributed by atoms with Crippen LogP contribution in [0, 0.1) is 5.92 Å². The smallest absolute Gasteiger partial charge is 0.257 e. The number of pyridine rings is 1. The molecule has 6 nitrogen and oxygen atoms in total. The Hall–Kier alpha value is -2.76. The van der Waals surface area contributed by atoms with Crippen molar-refractivity contribution in [2.75, 3.05) is 37.5 Å². The maximum atomic E-state index is 12.5. The summed E-state index contributed by atoms with van der Waals surface area (Å²) >= 11 is 0. The fourth-order valence-corrected chi connectivity index (χ4v) is 3.04. The van der Waals surface area contributed by atoms with E-state index in [2.05, 4.69) is 22.1 Å². The summed E-state index contributed by atoms with van der Waals surface area (Å²) in [5.41, 5.74) is 1.55. The van der Waals surface area contributed by atoms with E-state index in [1.165, 1.54) is 12.8 Å². The summed E-state index contributed by atoms with van der Waals surface area (Å²) in [5, 5.41) is 2.82. The molecule has 0 atom stereocenters. The van der Waals surface area contributed by atoms with Crippen LogP contribution in [0.3, 0.4) is 0 Å². The molecule has 1 aliphatic rings. The number of anilines is 2. The molecule has 1 aromatic carbocycles. The average molecular weight is 355 g/mol. The van der Waals surface area contributed by atoms with Crippen molar-refractivity contribution in [3.63, 3.8) is 0 Å². The van der Waals surface area contributed by atoms with E-state index < -0.39 is 0 Å². The van der Waals surface area contributed by atoms with Crippen molar-refractivity contribution in [1.82, 2.24) is 4.98 Å². The highest BCUT2D eigenvalue weighted by Gasteiger charge is 2.16. The average Bonchev–Trinajstić information content (AvgIpc) is 2.68. The Kier molecular flexibility index (Phi) is 5.61. The Morgan fingerprint density at radius 1 is 1.12 bits per heavy atom. The van der Waals surface area contributed by atoms with Crippen LogP contribution in [0.5, 0.6) is 11.5 Å². The van der Waals surface area contributed by atoms with Crippen LogP contribution in [0.25, 0.3) is 0 Å². The summed E-state index contributed by atoms with van der Waals surface area (Å²) in [6.07, 6.45) is 4.23. The first-order chi connectivity index (χ1) is 12.6. The van der Waals surface area contributed by atoms with E-state index in [0.717, 1.165) is 24.7 Å². The number of ether oxygens (including phenoxy) is 2. The quantitative estimate of drug-likeness (QED) is 0.888. The van der Waals surface area contributed by atoms with E-state index in [1.54, 1.807) is 32.4 Å². The molecule has 3 rings (SSSR count). The van der Waals surface area contributed by atoms with E-state index in [1.807, 2.05) is 18.3 Å². The van der Waals surface area contributed by atoms with Gasteiger partial charge >= 0.3 is 0 Å². The highest BCUT2D eigenvalue weighted by atomic mass is 16.5. The van der Waals surface area contributed by atoms with E-state index in [9.17, 15) is 4.79 Å². The lowest BCUT2D eigenvalue weighted by molar-refractivity contribution is 0.102. The first kappa shape index (κ1) is 18.0. The van der Waals surface area contributed by atoms with Crippen molar-refractivity contribution in [2.24, 2.45) is 5.92 Å². The summed E-state index contributed by atoms with van der Waals surface area (Å²) in [4.78, 5) is 19.2. The van der Waals surface area contributed by atoms with Gasteiger partial charge in [-0.2, -0.15) is 0 Å². The highest BCUT2D eigenvalue weighted by molar-refractivity contribution is 6.04. The van der Waals surface area contributed by atoms with Crippen molar-refractivity contribution in [2.45, 2.75) is 19.8 Å². The second kappa shape index (κ2) is 8.08. The van der Waals surface area contributed by atoms with Crippen LogP contribution in [-0.2, 0) is 0 Å². The van der Waals surface area contributed by atoms with E-state index >= 15 is 0 Å². The predicted octanol–water partition coefficient (Wildman–Crippen LogP) is 3.59. The normalized spacial score (nSPS) is 14.8. The van der Waals surface area contributed by atoms with E-state index in [0.29, 0.717) is 22.9 Å². The zero-order valence-corrected chi connectivity index (χ0v) is 15.5. The molecule has 1 aromatic heterocycles. The van der Waals surface area contributed by atoms with Crippen molar-refractivity contribution in [3.8, 4) is 11.5 Å². The summed E-state index contributed by atoms with van der Waals surface area (Å²) in [5.74, 6) is 2.19. The first-order valence-corrected chi connectivity index (χ1v) is 8.84. The number of methoxy groups -OCH3 is 2. The topological polar surface area (TPSA) is 63.7 Å². The Balaban J connectivity index is 1.68. The van der Waals surface area contributed by atoms with Crippen LogP contribution in [0.15, 0.2) is 36.5 Å². The molecule has 1 saturated heterocycles. The van der Waals surface area contributed by atoms with Crippen LogP contribution in [0.1, 0.15) is 30.1 Å². The van der Waals surface area contributed by atoms with Gasteiger partial charge in [-0.05, 0) is 43.0 Å². The number of benzene rings is 1. The lowest BCUT2D eigenvalue weighted by Gasteiger charge is -2.31. The molecule has 1 amide bonds. The maximum Gasteiger partial charge on any atom is 0.257 e. The van der Waals surface area contributed by atoms with Crippen molar-refractivity contribution in [1.29, 1.82) is 0 Å². The molecule has 1 aliphatic heterocycles. The molecule has 2 aromatic rings. The standard InChI is InChI=1S/C20H25N3O3/c1-14-6-8-23(9-7-14)16-4-5-19(21-13-16)22-20(24)15-10-17(25-2)12-18(11-15)26-3/h4-5,10-14H,6-9H2,1-3H3,(H,21,22,24). The largest absolute Gasteiger partial charge is 0.497 e. The Morgan fingerprint density at radius 3 is 2.31 bits per heavy atom. The van der Waals surface area contributed by atoms with Gasteiger partial charge in [-0.25, -0.2) is 4.98 Å². The van der Waals surface area contributed by atoms with Crippen molar-refractivity contribution in [3.05, 3.63) is 42.1 Å². The number of amides is 1. The molecule has 2 heterocycles. The number of aromatic nitrogens is 1. The monoisotopic (exact) mass is 355 g/mol. The molecule has 26 heavy (non-hydrogen) atoms. The number of carbonyl (C=O) groups excluding carboxylic acids is 1. The van der Waals surface area contributed by atoms with Crippen LogP contribution < -0.4 is 19.7 Å². The molecule has 0 saturated carbocycles. The lowest BCUT2D eigenvalue weighted by atomic mass is 9.99. The summed E-state index contributed by atoms with van der Waals surface area (Å²) < 4.78 is 10.4. The minimum atomic E-state index is -0.255. The lowest BCUT2D eigenvalue weighted by Crippen LogP contribution is -2.32. The third-order valence-corrected chi connectivity index (χ3v) is 4.75. The molecule has 1 N–H and O–H groups in total. The van der Waals surface area contributed by atoms with Crippen LogP contribution in [0.2, 0.25) is 0 Å². The van der Waals surface area contributed by atoms with Gasteiger partial charge in [-0.15, -0.1) is 0 Å². The van der Waals surface area contributed by atoms with Gasteiger partial charge in [0.1, 0.15) is 17.3 Å². The van der Waals surface area contributed by atoms with Crippen LogP contribution >= 0.6 is 0 Å². The highest BCUT2D eigenvalue weighted by Crippen LogP contribution is 2.25. The second-order valence-electron chi connectivity index (χ2n) is 6.63. The number of nitrogens with zero attached hydrogens (tertiary/aromatic N) is 2. The van der Waals surface area contributed by atoms with Gasteiger partial charge in [-0.1, -0.05) is 6.92 Å². The molecular weight excluding hydrogens is 330 g/mol. The molecule has 1 fully saturated rings. The fraction of sp³-hybridized carbons (Fsp3) is 0.400. The van der Waals surface area contributed by atoms with Gasteiger partial charge in [-0.3, -0.25) is 4.79 Å². The molecule has 0 bridgehead atoms. The number of piperidine rings is 1. The molecule has 0 radical (unpaired) electrons. The van der Waals surface area contributed by atoms with Gasteiger partial charge in [0.25, 0.3) is 5.91 Å². The molecule has 138 valence electrons. The Morgan fingerprint density at radius 2 is 1.77 bits per heavy atom. The van der Waals surface area contributed by atoms with Crippen LogP contribution in [-0.4, -0.2) is 38.2 Å². The molecule has 0 unspecified atom stereocenters. The molecule has 6 heteroatoms. The number of hydrogen-bond acceptors (Lipinski definition) is 5. The third kappa shape index (κ3) is 4.25. The van der Waals surface area contributed by atoms with Gasteiger partial charge in [0.05, 0.1) is 26.1 Å². The fourth-order valence-electron chi connectivity index (χ4n) is 3.04. The van der Waals surface area contributed by atoms with Crippen molar-refractivity contribution < 1.29 is 14.3 Å². The summed E-state index contributed by atoms with van der Waals surface area (Å²) in [6.45, 7) is 4.40. The number of carbonyl (C=O) groups is 1. The zero-order chi connectivity index (χ0) is 18.5. The minimum Gasteiger partial charge on any atom is -0.497 e. The Labute approximate surface area is 154 Å². The van der Waals surface area contributed by atoms with Gasteiger partial charge in [0, 0.05) is 24.7 Å². The number of nitrogens with one attached hydrogen (secondary N) is 1. The zero-order valence-electron chi connectivity index (χ0n) is 15.5. The number of rotatable bonds is 5. The van der Waals surface area contributed by atoms with E-state index in [-0.39, 0.29) is 5.91 Å². The van der Waals surface area contributed by atoms with Gasteiger partial charge in [0.15, 0.2) is 0 Å². The molecule has 0 aliphatic carbocycles. The predicted molar refractivity (Wildman–Crippen MR) is 102 cm³/mol. The van der Waals surface area contributed by atoms with Crippen molar-refractivity contribution >= 4 is 17.4 Å². The van der Waals surface area contributed by atoms with Crippen LogP contribution in [0.4, 0.5) is 11.5 Å². The maximum absolute atomic E-state index is 12.5. The van der Waals surface area contributed by atoms with E-state index in [4.69, 9.17) is 9.47 Å². The summed E-state index contributed by atoms with van der Waals surface area (Å²) in [6, 6.07) is 8.90. The summed E-state index contributed by atoms with van der Waals surface area (Å²) in [7, 11) is 3.11. The van der Waals surface area contributed by atoms with Gasteiger partial charge < -0.3 is 19.7 Å². The third-order valence-electron chi connectivity index (χ3n) is 4.75. The second-order valence-corrected chi connectivity index (χ2v) is 6.63. The molecular formula is C20H25N3O3.